The first-order valence-electron chi connectivity index (χ1n) is 8.10. The molecule has 0 saturated heterocycles. The zero-order valence-corrected chi connectivity index (χ0v) is 14.7. The monoisotopic (exact) mass is 385 g/mol. The average molecular weight is 385 g/mol. The number of nitro benzene ring substituents is 1. The summed E-state index contributed by atoms with van der Waals surface area (Å²) in [5.41, 5.74) is 4.32. The van der Waals surface area contributed by atoms with E-state index in [-0.39, 0.29) is 41.3 Å². The largest absolute Gasteiger partial charge is 0.412 e. The standard InChI is InChI=1S/C18H15N3O7/c1-27-7-6-20-18(24)28-12-8-11(21(25)26)13-14(15(12)19)17(23)10-5-3-2-4-9(10)16(13)22/h2-5,8H,6-7,19H2,1H3,(H,20,24). The summed E-state index contributed by atoms with van der Waals surface area (Å²) in [6.45, 7) is 0.353. The summed E-state index contributed by atoms with van der Waals surface area (Å²) in [6, 6.07) is 6.80. The van der Waals surface area contributed by atoms with Gasteiger partial charge in [0.1, 0.15) is 5.56 Å². The summed E-state index contributed by atoms with van der Waals surface area (Å²) in [6.07, 6.45) is -0.937. The Kier molecular flexibility index (Phi) is 5.05. The summed E-state index contributed by atoms with van der Waals surface area (Å²) in [5, 5.41) is 13.9. The first kappa shape index (κ1) is 19.0. The number of carbonyl (C=O) groups excluding carboxylic acids is 3. The van der Waals surface area contributed by atoms with E-state index in [0.717, 1.165) is 6.07 Å². The van der Waals surface area contributed by atoms with Gasteiger partial charge in [-0.25, -0.2) is 4.79 Å². The molecule has 10 nitrogen and oxygen atoms in total. The zero-order chi connectivity index (χ0) is 20.4. The third kappa shape index (κ3) is 3.16. The number of nitrogens with zero attached hydrogens (tertiary/aromatic N) is 1. The molecule has 0 spiro atoms. The molecular weight excluding hydrogens is 370 g/mol. The Morgan fingerprint density at radius 2 is 1.79 bits per heavy atom. The highest BCUT2D eigenvalue weighted by atomic mass is 16.6. The molecule has 0 saturated carbocycles. The van der Waals surface area contributed by atoms with Crippen LogP contribution in [0.3, 0.4) is 0 Å². The lowest BCUT2D eigenvalue weighted by molar-refractivity contribution is -0.385. The number of methoxy groups -OCH3 is 1. The van der Waals surface area contributed by atoms with E-state index in [1.165, 1.54) is 19.2 Å². The van der Waals surface area contributed by atoms with Gasteiger partial charge in [-0.2, -0.15) is 0 Å². The van der Waals surface area contributed by atoms with Gasteiger partial charge in [0.05, 0.1) is 28.8 Å². The number of benzene rings is 2. The number of amides is 1. The Labute approximate surface area is 158 Å². The second kappa shape index (κ2) is 7.45. The Morgan fingerprint density at radius 1 is 1.18 bits per heavy atom. The second-order valence-electron chi connectivity index (χ2n) is 5.83. The molecule has 1 aliphatic carbocycles. The second-order valence-corrected chi connectivity index (χ2v) is 5.83. The van der Waals surface area contributed by atoms with Crippen molar-refractivity contribution in [1.29, 1.82) is 0 Å². The van der Waals surface area contributed by atoms with E-state index < -0.39 is 33.8 Å². The lowest BCUT2D eigenvalue weighted by Crippen LogP contribution is -2.30. The van der Waals surface area contributed by atoms with Crippen LogP contribution < -0.4 is 15.8 Å². The summed E-state index contributed by atoms with van der Waals surface area (Å²) < 4.78 is 9.81. The first-order valence-corrected chi connectivity index (χ1v) is 8.10. The molecule has 0 heterocycles. The van der Waals surface area contributed by atoms with Crippen molar-refractivity contribution in [3.05, 3.63) is 62.7 Å². The molecule has 2 aromatic rings. The van der Waals surface area contributed by atoms with Crippen LogP contribution in [0.5, 0.6) is 5.75 Å². The fraction of sp³-hybridized carbons (Fsp3) is 0.167. The van der Waals surface area contributed by atoms with Gasteiger partial charge in [0.25, 0.3) is 5.69 Å². The average Bonchev–Trinajstić information content (AvgIpc) is 2.67. The van der Waals surface area contributed by atoms with Crippen LogP contribution in [0.25, 0.3) is 0 Å². The van der Waals surface area contributed by atoms with Crippen LogP contribution in [-0.4, -0.2) is 42.8 Å². The molecule has 0 bridgehead atoms. The zero-order valence-electron chi connectivity index (χ0n) is 14.7. The molecule has 0 aliphatic heterocycles. The van der Waals surface area contributed by atoms with Gasteiger partial charge in [0.15, 0.2) is 11.5 Å². The number of rotatable bonds is 5. The number of ketones is 2. The van der Waals surface area contributed by atoms with Crippen LogP contribution >= 0.6 is 0 Å². The molecule has 144 valence electrons. The van der Waals surface area contributed by atoms with Gasteiger partial charge in [-0.1, -0.05) is 24.3 Å². The van der Waals surface area contributed by atoms with Crippen LogP contribution in [-0.2, 0) is 4.74 Å². The molecule has 3 N–H and O–H groups in total. The molecule has 2 aromatic carbocycles. The van der Waals surface area contributed by atoms with E-state index in [4.69, 9.17) is 15.2 Å². The highest BCUT2D eigenvalue weighted by Crippen LogP contribution is 2.41. The van der Waals surface area contributed by atoms with Crippen molar-refractivity contribution in [3.63, 3.8) is 0 Å². The lowest BCUT2D eigenvalue weighted by atomic mass is 9.82. The van der Waals surface area contributed by atoms with E-state index in [1.54, 1.807) is 12.1 Å². The minimum absolute atomic E-state index is 0.0495. The summed E-state index contributed by atoms with van der Waals surface area (Å²) in [7, 11) is 1.44. The summed E-state index contributed by atoms with van der Waals surface area (Å²) >= 11 is 0. The van der Waals surface area contributed by atoms with Gasteiger partial charge in [0, 0.05) is 24.8 Å². The van der Waals surface area contributed by atoms with Crippen molar-refractivity contribution < 1.29 is 28.8 Å². The Morgan fingerprint density at radius 3 is 2.36 bits per heavy atom. The fourth-order valence-electron chi connectivity index (χ4n) is 2.89. The van der Waals surface area contributed by atoms with Crippen LogP contribution in [0.4, 0.5) is 16.2 Å². The van der Waals surface area contributed by atoms with Gasteiger partial charge in [-0.15, -0.1) is 0 Å². The smallest absolute Gasteiger partial charge is 0.408 e. The molecule has 0 atom stereocenters. The number of nitrogens with two attached hydrogens (primary N) is 1. The van der Waals surface area contributed by atoms with Crippen molar-refractivity contribution in [2.75, 3.05) is 26.0 Å². The van der Waals surface area contributed by atoms with Crippen LogP contribution in [0.15, 0.2) is 30.3 Å². The maximum absolute atomic E-state index is 12.9. The number of ether oxygens (including phenoxy) is 2. The first-order chi connectivity index (χ1) is 13.4. The number of anilines is 1. The molecule has 1 aliphatic rings. The number of hydrogen-bond donors (Lipinski definition) is 2. The van der Waals surface area contributed by atoms with Gasteiger partial charge in [-0.3, -0.25) is 19.7 Å². The van der Waals surface area contributed by atoms with Gasteiger partial charge < -0.3 is 20.5 Å². The van der Waals surface area contributed by atoms with Crippen molar-refractivity contribution in [2.24, 2.45) is 0 Å². The Bertz CT molecular complexity index is 1020. The normalized spacial score (nSPS) is 12.2. The molecule has 3 rings (SSSR count). The molecule has 0 fully saturated rings. The molecule has 10 heteroatoms. The molecular formula is C18H15N3O7. The SMILES string of the molecule is COCCNC(=O)Oc1cc([N+](=O)[O-])c2c(c1N)C(=O)c1ccccc1C2=O. The lowest BCUT2D eigenvalue weighted by Gasteiger charge is -2.20. The summed E-state index contributed by atoms with van der Waals surface area (Å²) in [4.78, 5) is 48.2. The third-order valence-electron chi connectivity index (χ3n) is 4.15. The van der Waals surface area contributed by atoms with Crippen molar-refractivity contribution in [2.45, 2.75) is 0 Å². The molecule has 0 radical (unpaired) electrons. The van der Waals surface area contributed by atoms with E-state index in [1.807, 2.05) is 0 Å². The highest BCUT2D eigenvalue weighted by Gasteiger charge is 2.39. The molecule has 0 unspecified atom stereocenters. The molecule has 28 heavy (non-hydrogen) atoms. The minimum Gasteiger partial charge on any atom is -0.408 e. The Hall–Kier alpha value is -3.79. The predicted octanol–water partition coefficient (Wildman–Crippen LogP) is 1.69. The van der Waals surface area contributed by atoms with E-state index >= 15 is 0 Å². The van der Waals surface area contributed by atoms with E-state index in [9.17, 15) is 24.5 Å². The van der Waals surface area contributed by atoms with Crippen molar-refractivity contribution >= 4 is 29.0 Å². The number of hydrogen-bond acceptors (Lipinski definition) is 8. The van der Waals surface area contributed by atoms with Crippen molar-refractivity contribution in [3.8, 4) is 5.75 Å². The number of carbonyl (C=O) groups is 3. The maximum Gasteiger partial charge on any atom is 0.412 e. The van der Waals surface area contributed by atoms with Gasteiger partial charge in [-0.05, 0) is 0 Å². The van der Waals surface area contributed by atoms with E-state index in [2.05, 4.69) is 5.32 Å². The Balaban J connectivity index is 2.11. The maximum atomic E-state index is 12.9. The van der Waals surface area contributed by atoms with Crippen LogP contribution in [0.1, 0.15) is 31.8 Å². The minimum atomic E-state index is -0.937. The predicted molar refractivity (Wildman–Crippen MR) is 96.7 cm³/mol. The van der Waals surface area contributed by atoms with Crippen LogP contribution in [0.2, 0.25) is 0 Å². The summed E-state index contributed by atoms with van der Waals surface area (Å²) in [5.74, 6) is -1.74. The van der Waals surface area contributed by atoms with Gasteiger partial charge in [0.2, 0.25) is 5.78 Å². The number of fused-ring (bicyclic) bond motifs is 2. The highest BCUT2D eigenvalue weighted by molar-refractivity contribution is 6.31. The third-order valence-corrected chi connectivity index (χ3v) is 4.15. The number of nitrogen functional groups attached to an aromatic ring is 1. The molecule has 1 amide bonds. The topological polar surface area (TPSA) is 151 Å². The fourth-order valence-corrected chi connectivity index (χ4v) is 2.89. The quantitative estimate of drug-likeness (QED) is 0.291. The van der Waals surface area contributed by atoms with Gasteiger partial charge >= 0.3 is 6.09 Å². The molecule has 0 aromatic heterocycles. The number of nitrogens with one attached hydrogen (secondary N) is 1. The van der Waals surface area contributed by atoms with Crippen molar-refractivity contribution in [1.82, 2.24) is 5.32 Å². The van der Waals surface area contributed by atoms with E-state index in [0.29, 0.717) is 0 Å². The van der Waals surface area contributed by atoms with Crippen LogP contribution in [0, 0.1) is 10.1 Å². The number of nitro groups is 1.